The van der Waals surface area contributed by atoms with Crippen LogP contribution in [-0.2, 0) is 0 Å². The van der Waals surface area contributed by atoms with Crippen LogP contribution in [0.25, 0.3) is 0 Å². The van der Waals surface area contributed by atoms with E-state index in [1.54, 1.807) is 0 Å². The molecule has 0 aliphatic heterocycles. The van der Waals surface area contributed by atoms with Crippen LogP contribution in [0, 0.1) is 0 Å². The quantitative estimate of drug-likeness (QED) is 0.652. The molecule has 3 heteroatoms. The zero-order chi connectivity index (χ0) is 8.48. The first-order valence-electron chi connectivity index (χ1n) is 3.88. The van der Waals surface area contributed by atoms with Gasteiger partial charge in [-0.1, -0.05) is 6.07 Å². The lowest BCUT2D eigenvalue weighted by Gasteiger charge is -2.24. The van der Waals surface area contributed by atoms with Crippen molar-refractivity contribution < 1.29 is 0 Å². The first kappa shape index (κ1) is 8.79. The van der Waals surface area contributed by atoms with Crippen LogP contribution >= 0.6 is 15.9 Å². The smallest absolute Gasteiger partial charge is 0.0407 e. The first-order valence-corrected chi connectivity index (χ1v) is 4.67. The van der Waals surface area contributed by atoms with Gasteiger partial charge in [-0.15, -0.1) is 0 Å². The number of pyridine rings is 1. The second kappa shape index (κ2) is 2.98. The van der Waals surface area contributed by atoms with E-state index in [1.165, 1.54) is 5.46 Å². The van der Waals surface area contributed by atoms with E-state index in [9.17, 15) is 0 Å². The van der Waals surface area contributed by atoms with E-state index in [4.69, 9.17) is 0 Å². The summed E-state index contributed by atoms with van der Waals surface area (Å²) >= 11 is 3.40. The second-order valence-corrected chi connectivity index (χ2v) is 4.95. The summed E-state index contributed by atoms with van der Waals surface area (Å²) in [5, 5.41) is 0. The Kier molecular flexibility index (Phi) is 2.38. The Bertz CT molecular complexity index is 255. The average Bonchev–Trinajstić information content (AvgIpc) is 1.86. The predicted octanol–water partition coefficient (Wildman–Crippen LogP) is 2.39. The van der Waals surface area contributed by atoms with Gasteiger partial charge in [-0.25, -0.2) is 0 Å². The fraction of sp³-hybridized carbons (Fsp3) is 0.375. The van der Waals surface area contributed by atoms with Crippen LogP contribution < -0.4 is 5.46 Å². The van der Waals surface area contributed by atoms with E-state index in [2.05, 4.69) is 47.4 Å². The molecule has 0 aliphatic rings. The molecule has 0 radical (unpaired) electrons. The van der Waals surface area contributed by atoms with Crippen LogP contribution in [0.2, 0.25) is 20.5 Å². The minimum absolute atomic E-state index is 0.416. The van der Waals surface area contributed by atoms with Crippen molar-refractivity contribution in [3.05, 3.63) is 22.9 Å². The van der Waals surface area contributed by atoms with Gasteiger partial charge in [0.1, 0.15) is 0 Å². The molecule has 0 fully saturated rings. The highest BCUT2D eigenvalue weighted by molar-refractivity contribution is 9.10. The van der Waals surface area contributed by atoms with Crippen LogP contribution in [0.15, 0.2) is 22.9 Å². The Morgan fingerprint density at radius 2 is 1.91 bits per heavy atom. The van der Waals surface area contributed by atoms with Crippen LogP contribution in [-0.4, -0.2) is 11.1 Å². The molecule has 0 bridgehead atoms. The van der Waals surface area contributed by atoms with Crippen molar-refractivity contribution in [1.29, 1.82) is 0 Å². The second-order valence-electron chi connectivity index (χ2n) is 4.03. The van der Waals surface area contributed by atoms with Crippen LogP contribution in [0.3, 0.4) is 0 Å². The summed E-state index contributed by atoms with van der Waals surface area (Å²) in [5.41, 5.74) is 1.32. The molecular weight excluding hydrogens is 201 g/mol. The van der Waals surface area contributed by atoms with E-state index in [0.29, 0.717) is 0 Å². The van der Waals surface area contributed by atoms with E-state index in [1.807, 2.05) is 12.4 Å². The van der Waals surface area contributed by atoms with Crippen molar-refractivity contribution in [3.8, 4) is 0 Å². The molecule has 0 amide bonds. The van der Waals surface area contributed by atoms with E-state index < -0.39 is 6.15 Å². The summed E-state index contributed by atoms with van der Waals surface area (Å²) in [4.78, 5) is 4.12. The molecule has 0 aromatic carbocycles. The lowest BCUT2D eigenvalue weighted by Crippen LogP contribution is -2.37. The topological polar surface area (TPSA) is 12.9 Å². The Morgan fingerprint density at radius 3 is 2.27 bits per heavy atom. The number of rotatable bonds is 1. The molecule has 0 N–H and O–H groups in total. The molecule has 1 aromatic rings. The number of hydrogen-bond acceptors (Lipinski definition) is 1. The third-order valence-electron chi connectivity index (χ3n) is 1.73. The van der Waals surface area contributed by atoms with E-state index in [-0.39, 0.29) is 0 Å². The van der Waals surface area contributed by atoms with Crippen molar-refractivity contribution in [3.63, 3.8) is 0 Å². The molecule has 60 valence electrons. The highest BCUT2D eigenvalue weighted by atomic mass is 79.9. The van der Waals surface area contributed by atoms with Crippen molar-refractivity contribution in [2.24, 2.45) is 0 Å². The van der Waals surface area contributed by atoms with Gasteiger partial charge in [0.2, 0.25) is 0 Å². The van der Waals surface area contributed by atoms with Gasteiger partial charge in [-0.3, -0.25) is 4.98 Å². The average molecular weight is 213 g/mol. The van der Waals surface area contributed by atoms with E-state index in [0.717, 1.165) is 4.47 Å². The zero-order valence-corrected chi connectivity index (χ0v) is 8.72. The molecule has 1 nitrogen and oxygen atoms in total. The van der Waals surface area contributed by atoms with Crippen molar-refractivity contribution in [1.82, 2.24) is 4.98 Å². The van der Waals surface area contributed by atoms with Gasteiger partial charge in [-0.2, -0.15) is 25.9 Å². The third kappa shape index (κ3) is 2.33. The molecule has 0 saturated carbocycles. The SMILES string of the molecule is C[B-](C)(C)c1cncc(Br)c1. The first-order chi connectivity index (χ1) is 5.00. The Morgan fingerprint density at radius 1 is 1.27 bits per heavy atom. The third-order valence-corrected chi connectivity index (χ3v) is 2.16. The van der Waals surface area contributed by atoms with Crippen molar-refractivity contribution >= 4 is 27.5 Å². The molecule has 0 spiro atoms. The van der Waals surface area contributed by atoms with Crippen LogP contribution in [0.1, 0.15) is 0 Å². The molecule has 1 aromatic heterocycles. The van der Waals surface area contributed by atoms with Gasteiger partial charge in [0, 0.05) is 16.8 Å². The maximum absolute atomic E-state index is 4.12. The summed E-state index contributed by atoms with van der Waals surface area (Å²) in [6.45, 7) is 6.72. The fourth-order valence-electron chi connectivity index (χ4n) is 0.902. The Hall–Kier alpha value is -0.305. The van der Waals surface area contributed by atoms with Crippen molar-refractivity contribution in [2.45, 2.75) is 20.5 Å². The Labute approximate surface area is 76.3 Å². The van der Waals surface area contributed by atoms with E-state index >= 15 is 0 Å². The molecule has 0 aliphatic carbocycles. The molecule has 0 saturated heterocycles. The molecule has 0 unspecified atom stereocenters. The number of nitrogens with zero attached hydrogens (tertiary/aromatic N) is 1. The van der Waals surface area contributed by atoms with Crippen LogP contribution in [0.5, 0.6) is 0 Å². The summed E-state index contributed by atoms with van der Waals surface area (Å²) in [6.07, 6.45) is 3.33. The number of halogens is 1. The molecule has 1 rings (SSSR count). The van der Waals surface area contributed by atoms with Gasteiger partial charge in [0.15, 0.2) is 0 Å². The normalized spacial score (nSPS) is 11.6. The monoisotopic (exact) mass is 212 g/mol. The lowest BCUT2D eigenvalue weighted by atomic mass is 9.27. The fourth-order valence-corrected chi connectivity index (χ4v) is 1.28. The minimum Gasteiger partial charge on any atom is -0.267 e. The van der Waals surface area contributed by atoms with Gasteiger partial charge >= 0.3 is 0 Å². The lowest BCUT2D eigenvalue weighted by molar-refractivity contribution is 1.32. The standard InChI is InChI=1S/C8H12BBrN/c1-9(2,3)7-4-8(10)6-11-5-7/h4-6H,1-3H3/q-1. The molecular formula is C8H12BBrN-. The predicted molar refractivity (Wildman–Crippen MR) is 54.9 cm³/mol. The maximum Gasteiger partial charge on any atom is 0.0407 e. The zero-order valence-electron chi connectivity index (χ0n) is 7.13. The van der Waals surface area contributed by atoms with Gasteiger partial charge < -0.3 is 0 Å². The highest BCUT2D eigenvalue weighted by Gasteiger charge is 2.07. The molecule has 0 atom stereocenters. The highest BCUT2D eigenvalue weighted by Crippen LogP contribution is 2.07. The molecule has 1 heterocycles. The van der Waals surface area contributed by atoms with Gasteiger partial charge in [0.05, 0.1) is 0 Å². The minimum atomic E-state index is -0.416. The number of aromatic nitrogens is 1. The Balaban J connectivity index is 3.06. The number of hydrogen-bond donors (Lipinski definition) is 0. The summed E-state index contributed by atoms with van der Waals surface area (Å²) in [6, 6.07) is 2.13. The van der Waals surface area contributed by atoms with Gasteiger partial charge in [0.25, 0.3) is 0 Å². The summed E-state index contributed by atoms with van der Waals surface area (Å²) < 4.78 is 1.06. The molecule has 11 heavy (non-hydrogen) atoms. The van der Waals surface area contributed by atoms with Crippen molar-refractivity contribution in [2.75, 3.05) is 0 Å². The maximum atomic E-state index is 4.12. The largest absolute Gasteiger partial charge is 0.267 e. The summed E-state index contributed by atoms with van der Waals surface area (Å²) in [7, 11) is 0. The van der Waals surface area contributed by atoms with Gasteiger partial charge in [-0.05, 0) is 22.1 Å². The summed E-state index contributed by atoms with van der Waals surface area (Å²) in [5.74, 6) is 0. The van der Waals surface area contributed by atoms with Crippen LogP contribution in [0.4, 0.5) is 0 Å².